The second kappa shape index (κ2) is 8.76. The molecule has 0 fully saturated rings. The van der Waals surface area contributed by atoms with E-state index in [1.54, 1.807) is 6.07 Å². The molecule has 0 aromatic heterocycles. The van der Waals surface area contributed by atoms with Gasteiger partial charge in [0.2, 0.25) is 0 Å². The Hall–Kier alpha value is -3.38. The van der Waals surface area contributed by atoms with E-state index in [1.165, 1.54) is 12.1 Å². The summed E-state index contributed by atoms with van der Waals surface area (Å²) in [5.74, 6) is -1.40. The number of aliphatic carboxylic acids is 1. The molecule has 0 spiro atoms. The van der Waals surface area contributed by atoms with E-state index in [0.717, 1.165) is 44.8 Å². The minimum absolute atomic E-state index is 0.346. The van der Waals surface area contributed by atoms with Gasteiger partial charge in [0.05, 0.1) is 17.0 Å². The number of nitrogens with one attached hydrogen (secondary N) is 2. The first kappa shape index (κ1) is 23.8. The molecule has 1 atom stereocenters. The van der Waals surface area contributed by atoms with Crippen molar-refractivity contribution in [1.82, 2.24) is 0 Å². The van der Waals surface area contributed by atoms with E-state index in [9.17, 15) is 14.3 Å². The molecular weight excluding hydrogens is 431 g/mol. The van der Waals surface area contributed by atoms with Gasteiger partial charge in [-0.25, -0.2) is 9.18 Å². The van der Waals surface area contributed by atoms with E-state index in [2.05, 4.69) is 10.6 Å². The fourth-order valence-corrected chi connectivity index (χ4v) is 4.58. The number of benzene rings is 3. The third-order valence-corrected chi connectivity index (χ3v) is 6.17. The molecule has 1 aliphatic rings. The van der Waals surface area contributed by atoms with Gasteiger partial charge in [-0.1, -0.05) is 29.8 Å². The Morgan fingerprint density at radius 1 is 1.03 bits per heavy atom. The maximum atomic E-state index is 14.0. The van der Waals surface area contributed by atoms with Crippen molar-refractivity contribution in [3.63, 3.8) is 0 Å². The van der Waals surface area contributed by atoms with Crippen molar-refractivity contribution >= 4 is 23.0 Å². The van der Waals surface area contributed by atoms with E-state index < -0.39 is 17.7 Å². The number of carboxylic acids is 1. The van der Waals surface area contributed by atoms with Crippen molar-refractivity contribution in [3.8, 4) is 11.1 Å². The Labute approximate surface area is 200 Å². The summed E-state index contributed by atoms with van der Waals surface area (Å²) >= 11 is 0. The normalized spacial score (nSPS) is 13.7. The molecule has 0 saturated heterocycles. The fraction of sp³-hybridized carbons (Fsp3) is 0.321. The average molecular weight is 463 g/mol. The van der Waals surface area contributed by atoms with E-state index in [-0.39, 0.29) is 5.82 Å². The zero-order valence-electron chi connectivity index (χ0n) is 20.5. The lowest BCUT2D eigenvalue weighted by Crippen LogP contribution is -2.28. The van der Waals surface area contributed by atoms with Crippen LogP contribution in [0.3, 0.4) is 0 Å². The Morgan fingerprint density at radius 2 is 1.71 bits per heavy atom. The minimum atomic E-state index is -1.18. The van der Waals surface area contributed by atoms with Crippen LogP contribution in [0.1, 0.15) is 54.7 Å². The smallest absolute Gasteiger partial charge is 0.337 e. The molecule has 0 amide bonds. The quantitative estimate of drug-likeness (QED) is 0.388. The van der Waals surface area contributed by atoms with Gasteiger partial charge in [-0.05, 0) is 87.6 Å². The molecule has 3 N–H and O–H groups in total. The van der Waals surface area contributed by atoms with Gasteiger partial charge in [0.15, 0.2) is 6.10 Å². The highest BCUT2D eigenvalue weighted by molar-refractivity contribution is 5.89. The first-order valence-electron chi connectivity index (χ1n) is 11.4. The molecule has 0 radical (unpaired) electrons. The largest absolute Gasteiger partial charge is 0.479 e. The number of fused-ring (bicyclic) bond motifs is 2. The Bertz CT molecular complexity index is 1260. The molecule has 0 aliphatic carbocycles. The van der Waals surface area contributed by atoms with Crippen LogP contribution in [0.15, 0.2) is 42.5 Å². The van der Waals surface area contributed by atoms with E-state index in [1.807, 2.05) is 65.8 Å². The predicted molar refractivity (Wildman–Crippen MR) is 134 cm³/mol. The molecule has 0 unspecified atom stereocenters. The standard InChI is InChI=1S/C28H31FN2O3/c1-15-7-9-18(10-8-15)23-16(2)20-14-30-21-12-11-19(29)13-22(21)31-25(20)17(3)24(23)26(27(32)33)34-28(4,5)6/h7-13,26,30-31H,14H2,1-6H3,(H,32,33)/t26-/m0/s1. The SMILES string of the molecule is Cc1ccc(-c2c(C)c3c(c(C)c2[C@H](OC(C)(C)C)C(=O)O)Nc2cc(F)ccc2NC3)cc1. The first-order valence-corrected chi connectivity index (χ1v) is 11.4. The van der Waals surface area contributed by atoms with Gasteiger partial charge >= 0.3 is 5.97 Å². The molecule has 3 aromatic rings. The lowest BCUT2D eigenvalue weighted by molar-refractivity contribution is -0.160. The van der Waals surface area contributed by atoms with Crippen LogP contribution in [-0.4, -0.2) is 16.7 Å². The summed E-state index contributed by atoms with van der Waals surface area (Å²) in [5.41, 5.74) is 7.75. The number of carboxylic acid groups (broad SMARTS) is 1. The molecular formula is C28H31FN2O3. The molecule has 1 aliphatic heterocycles. The first-order chi connectivity index (χ1) is 16.0. The van der Waals surface area contributed by atoms with Crippen LogP contribution in [0, 0.1) is 26.6 Å². The summed E-state index contributed by atoms with van der Waals surface area (Å²) < 4.78 is 20.1. The van der Waals surface area contributed by atoms with Gasteiger partial charge in [-0.15, -0.1) is 0 Å². The predicted octanol–water partition coefficient (Wildman–Crippen LogP) is 7.03. The maximum absolute atomic E-state index is 14.0. The van der Waals surface area contributed by atoms with Crippen molar-refractivity contribution in [2.24, 2.45) is 0 Å². The molecule has 5 nitrogen and oxygen atoms in total. The van der Waals surface area contributed by atoms with Crippen molar-refractivity contribution in [2.75, 3.05) is 10.6 Å². The van der Waals surface area contributed by atoms with Crippen LogP contribution in [0.4, 0.5) is 21.5 Å². The Kier molecular flexibility index (Phi) is 6.13. The fourth-order valence-electron chi connectivity index (χ4n) is 4.58. The lowest BCUT2D eigenvalue weighted by Gasteiger charge is -2.30. The number of hydrogen-bond acceptors (Lipinski definition) is 4. The van der Waals surface area contributed by atoms with Gasteiger partial charge in [-0.2, -0.15) is 0 Å². The van der Waals surface area contributed by atoms with Crippen molar-refractivity contribution in [2.45, 2.75) is 59.8 Å². The molecule has 3 aromatic carbocycles. The van der Waals surface area contributed by atoms with Gasteiger partial charge in [0.1, 0.15) is 5.82 Å². The van der Waals surface area contributed by atoms with Crippen LogP contribution in [0.2, 0.25) is 0 Å². The molecule has 0 bridgehead atoms. The number of ether oxygens (including phenoxy) is 1. The van der Waals surface area contributed by atoms with E-state index in [0.29, 0.717) is 17.8 Å². The molecule has 4 rings (SSSR count). The molecule has 6 heteroatoms. The van der Waals surface area contributed by atoms with Gasteiger partial charge < -0.3 is 20.5 Å². The van der Waals surface area contributed by atoms with E-state index in [4.69, 9.17) is 4.74 Å². The Morgan fingerprint density at radius 3 is 2.32 bits per heavy atom. The summed E-state index contributed by atoms with van der Waals surface area (Å²) in [5, 5.41) is 17.1. The van der Waals surface area contributed by atoms with Gasteiger partial charge in [-0.3, -0.25) is 0 Å². The highest BCUT2D eigenvalue weighted by Crippen LogP contribution is 2.45. The number of rotatable bonds is 4. The molecule has 34 heavy (non-hydrogen) atoms. The van der Waals surface area contributed by atoms with Crippen LogP contribution >= 0.6 is 0 Å². The van der Waals surface area contributed by atoms with Crippen LogP contribution < -0.4 is 10.6 Å². The highest BCUT2D eigenvalue weighted by Gasteiger charge is 2.34. The zero-order chi connectivity index (χ0) is 24.8. The van der Waals surface area contributed by atoms with Crippen LogP contribution in [0.25, 0.3) is 11.1 Å². The van der Waals surface area contributed by atoms with Gasteiger partial charge in [0, 0.05) is 17.8 Å². The molecule has 178 valence electrons. The maximum Gasteiger partial charge on any atom is 0.337 e. The molecule has 0 saturated carbocycles. The summed E-state index contributed by atoms with van der Waals surface area (Å²) in [6.07, 6.45) is -1.18. The minimum Gasteiger partial charge on any atom is -0.479 e. The monoisotopic (exact) mass is 462 g/mol. The highest BCUT2D eigenvalue weighted by atomic mass is 19.1. The number of hydrogen-bond donors (Lipinski definition) is 3. The second-order valence-corrected chi connectivity index (χ2v) is 9.88. The van der Waals surface area contributed by atoms with Crippen LogP contribution in [0.5, 0.6) is 0 Å². The third-order valence-electron chi connectivity index (χ3n) is 6.17. The third kappa shape index (κ3) is 4.50. The lowest BCUT2D eigenvalue weighted by atomic mass is 9.84. The topological polar surface area (TPSA) is 70.6 Å². The summed E-state index contributed by atoms with van der Waals surface area (Å²) in [6.45, 7) is 12.0. The Balaban J connectivity index is 2.03. The van der Waals surface area contributed by atoms with Crippen molar-refractivity contribution in [1.29, 1.82) is 0 Å². The number of halogens is 1. The summed E-state index contributed by atoms with van der Waals surface area (Å²) in [6, 6.07) is 12.7. The summed E-state index contributed by atoms with van der Waals surface area (Å²) in [4.78, 5) is 12.6. The zero-order valence-corrected chi connectivity index (χ0v) is 20.5. The van der Waals surface area contributed by atoms with Crippen molar-refractivity contribution < 1.29 is 19.0 Å². The van der Waals surface area contributed by atoms with Crippen molar-refractivity contribution in [3.05, 3.63) is 76.1 Å². The van der Waals surface area contributed by atoms with Crippen LogP contribution in [-0.2, 0) is 16.1 Å². The summed E-state index contributed by atoms with van der Waals surface area (Å²) in [7, 11) is 0. The second-order valence-electron chi connectivity index (χ2n) is 9.88. The number of anilines is 3. The van der Waals surface area contributed by atoms with E-state index >= 15 is 0 Å². The average Bonchev–Trinajstić information content (AvgIpc) is 2.94. The number of carbonyl (C=O) groups is 1. The van der Waals surface area contributed by atoms with Gasteiger partial charge in [0.25, 0.3) is 0 Å². The molecule has 1 heterocycles. The number of aryl methyl sites for hydroxylation is 1.